The number of rotatable bonds is 5. The molecule has 130 valence electrons. The van der Waals surface area contributed by atoms with Gasteiger partial charge in [0.2, 0.25) is 0 Å². The van der Waals surface area contributed by atoms with Crippen LogP contribution in [0.1, 0.15) is 27.4 Å². The molecular weight excluding hydrogens is 318 g/mol. The summed E-state index contributed by atoms with van der Waals surface area (Å²) in [6.45, 7) is 2.62. The highest BCUT2D eigenvalue weighted by Crippen LogP contribution is 2.35. The van der Waals surface area contributed by atoms with Gasteiger partial charge >= 0.3 is 0 Å². The van der Waals surface area contributed by atoms with Gasteiger partial charge in [-0.25, -0.2) is 0 Å². The first-order chi connectivity index (χ1) is 12.8. The Morgan fingerprint density at radius 3 is 2.00 bits per heavy atom. The second-order valence-electron chi connectivity index (χ2n) is 7.03. The summed E-state index contributed by atoms with van der Waals surface area (Å²) in [5.74, 6) is 0.506. The number of nitrogens with zero attached hydrogens (tertiary/aromatic N) is 1. The van der Waals surface area contributed by atoms with Crippen LogP contribution in [0.2, 0.25) is 0 Å². The van der Waals surface area contributed by atoms with Crippen molar-refractivity contribution in [1.82, 2.24) is 4.90 Å². The molecule has 0 bridgehead atoms. The summed E-state index contributed by atoms with van der Waals surface area (Å²) in [6.07, 6.45) is 0. The van der Waals surface area contributed by atoms with Gasteiger partial charge in [0, 0.05) is 37.0 Å². The zero-order chi connectivity index (χ0) is 17.8. The molecule has 0 amide bonds. The Balaban J connectivity index is 1.60. The highest BCUT2D eigenvalue weighted by molar-refractivity contribution is 5.98. The molecule has 3 aromatic rings. The Kier molecular flexibility index (Phi) is 4.94. The van der Waals surface area contributed by atoms with Gasteiger partial charge in [-0.15, -0.1) is 0 Å². The predicted octanol–water partition coefficient (Wildman–Crippen LogP) is 4.79. The lowest BCUT2D eigenvalue weighted by Gasteiger charge is -2.17. The Hall–Kier alpha value is -2.71. The summed E-state index contributed by atoms with van der Waals surface area (Å²) in [7, 11) is 0. The fourth-order valence-corrected chi connectivity index (χ4v) is 3.98. The van der Waals surface area contributed by atoms with Crippen molar-refractivity contribution < 1.29 is 4.79 Å². The van der Waals surface area contributed by atoms with Crippen molar-refractivity contribution in [3.05, 3.63) is 108 Å². The van der Waals surface area contributed by atoms with Gasteiger partial charge in [0.1, 0.15) is 0 Å². The summed E-state index contributed by atoms with van der Waals surface area (Å²) >= 11 is 0. The number of benzene rings is 3. The molecule has 1 heterocycles. The van der Waals surface area contributed by atoms with Gasteiger partial charge in [-0.2, -0.15) is 0 Å². The van der Waals surface area contributed by atoms with E-state index in [2.05, 4.69) is 53.4 Å². The van der Waals surface area contributed by atoms with Gasteiger partial charge in [-0.3, -0.25) is 9.69 Å². The standard InChI is InChI=1S/C24H23NO/c26-24(21-14-8-3-9-15-21)23-18-25(16-19-10-4-1-5-11-19)17-22(23)20-12-6-2-7-13-20/h1-15,22-23H,16-18H2/t22-,23-/m0/s1. The smallest absolute Gasteiger partial charge is 0.167 e. The predicted molar refractivity (Wildman–Crippen MR) is 105 cm³/mol. The van der Waals surface area contributed by atoms with Crippen molar-refractivity contribution in [3.63, 3.8) is 0 Å². The fraction of sp³-hybridized carbons (Fsp3) is 0.208. The topological polar surface area (TPSA) is 20.3 Å². The molecule has 0 saturated carbocycles. The zero-order valence-electron chi connectivity index (χ0n) is 14.8. The molecule has 4 rings (SSSR count). The van der Waals surface area contributed by atoms with Crippen molar-refractivity contribution in [3.8, 4) is 0 Å². The number of carbonyl (C=O) groups excluding carboxylic acids is 1. The average Bonchev–Trinajstić information content (AvgIpc) is 3.13. The fourth-order valence-electron chi connectivity index (χ4n) is 3.98. The number of ketones is 1. The number of hydrogen-bond acceptors (Lipinski definition) is 2. The van der Waals surface area contributed by atoms with Crippen LogP contribution in [0.25, 0.3) is 0 Å². The van der Waals surface area contributed by atoms with Gasteiger partial charge in [-0.05, 0) is 11.1 Å². The highest BCUT2D eigenvalue weighted by atomic mass is 16.1. The van der Waals surface area contributed by atoms with E-state index in [1.54, 1.807) is 0 Å². The minimum atomic E-state index is 0.00325. The number of Topliss-reactive ketones (excluding diaryl/α,β-unsaturated/α-hetero) is 1. The SMILES string of the molecule is O=C(c1ccccc1)[C@H]1CN(Cc2ccccc2)C[C@H]1c1ccccc1. The Labute approximate surface area is 155 Å². The van der Waals surface area contributed by atoms with E-state index in [0.717, 1.165) is 25.2 Å². The van der Waals surface area contributed by atoms with Crippen molar-refractivity contribution in [2.75, 3.05) is 13.1 Å². The van der Waals surface area contributed by atoms with E-state index >= 15 is 0 Å². The van der Waals surface area contributed by atoms with Gasteiger partial charge < -0.3 is 0 Å². The molecule has 2 atom stereocenters. The van der Waals surface area contributed by atoms with E-state index < -0.39 is 0 Å². The van der Waals surface area contributed by atoms with E-state index in [9.17, 15) is 4.79 Å². The first-order valence-corrected chi connectivity index (χ1v) is 9.22. The summed E-state index contributed by atoms with van der Waals surface area (Å²) < 4.78 is 0. The summed E-state index contributed by atoms with van der Waals surface area (Å²) in [5.41, 5.74) is 3.38. The van der Waals surface area contributed by atoms with Crippen molar-refractivity contribution in [2.24, 2.45) is 5.92 Å². The van der Waals surface area contributed by atoms with Crippen LogP contribution in [0.15, 0.2) is 91.0 Å². The first kappa shape index (κ1) is 16.7. The van der Waals surface area contributed by atoms with Crippen LogP contribution in [0, 0.1) is 5.92 Å². The molecule has 0 aliphatic carbocycles. The molecule has 0 unspecified atom stereocenters. The molecular formula is C24H23NO. The van der Waals surface area contributed by atoms with E-state index in [1.165, 1.54) is 11.1 Å². The Morgan fingerprint density at radius 1 is 0.769 bits per heavy atom. The quantitative estimate of drug-likeness (QED) is 0.622. The third-order valence-corrected chi connectivity index (χ3v) is 5.27. The van der Waals surface area contributed by atoms with Gasteiger partial charge in [0.15, 0.2) is 5.78 Å². The number of hydrogen-bond donors (Lipinski definition) is 0. The molecule has 0 spiro atoms. The Bertz CT molecular complexity index is 845. The van der Waals surface area contributed by atoms with Crippen LogP contribution >= 0.6 is 0 Å². The molecule has 2 heteroatoms. The average molecular weight is 341 g/mol. The van der Waals surface area contributed by atoms with Gasteiger partial charge in [-0.1, -0.05) is 91.0 Å². The largest absolute Gasteiger partial charge is 0.298 e. The second kappa shape index (κ2) is 7.67. The van der Waals surface area contributed by atoms with Crippen LogP contribution < -0.4 is 0 Å². The molecule has 0 radical (unpaired) electrons. The summed E-state index contributed by atoms with van der Waals surface area (Å²) in [6, 6.07) is 30.7. The molecule has 1 aliphatic heterocycles. The minimum absolute atomic E-state index is 0.00325. The van der Waals surface area contributed by atoms with Crippen LogP contribution in [-0.4, -0.2) is 23.8 Å². The van der Waals surface area contributed by atoms with Gasteiger partial charge in [0.25, 0.3) is 0 Å². The van der Waals surface area contributed by atoms with E-state index in [-0.39, 0.29) is 17.6 Å². The van der Waals surface area contributed by atoms with Crippen molar-refractivity contribution in [2.45, 2.75) is 12.5 Å². The molecule has 3 aromatic carbocycles. The van der Waals surface area contributed by atoms with Crippen LogP contribution in [0.5, 0.6) is 0 Å². The van der Waals surface area contributed by atoms with Crippen LogP contribution in [-0.2, 0) is 6.54 Å². The lowest BCUT2D eigenvalue weighted by Crippen LogP contribution is -2.23. The van der Waals surface area contributed by atoms with E-state index in [0.29, 0.717) is 0 Å². The number of carbonyl (C=O) groups is 1. The minimum Gasteiger partial charge on any atom is -0.298 e. The number of likely N-dealkylation sites (tertiary alicyclic amines) is 1. The molecule has 0 N–H and O–H groups in total. The van der Waals surface area contributed by atoms with E-state index in [1.807, 2.05) is 42.5 Å². The van der Waals surface area contributed by atoms with Crippen molar-refractivity contribution in [1.29, 1.82) is 0 Å². The molecule has 1 fully saturated rings. The molecule has 2 nitrogen and oxygen atoms in total. The zero-order valence-corrected chi connectivity index (χ0v) is 14.8. The first-order valence-electron chi connectivity index (χ1n) is 9.22. The normalized spacial score (nSPS) is 20.2. The maximum absolute atomic E-state index is 13.2. The third-order valence-electron chi connectivity index (χ3n) is 5.27. The molecule has 0 aromatic heterocycles. The second-order valence-corrected chi connectivity index (χ2v) is 7.03. The van der Waals surface area contributed by atoms with Crippen LogP contribution in [0.4, 0.5) is 0 Å². The third kappa shape index (κ3) is 3.61. The summed E-state index contributed by atoms with van der Waals surface area (Å²) in [5, 5.41) is 0. The molecule has 1 aliphatic rings. The maximum atomic E-state index is 13.2. The van der Waals surface area contributed by atoms with E-state index in [4.69, 9.17) is 0 Å². The summed E-state index contributed by atoms with van der Waals surface area (Å²) in [4.78, 5) is 15.6. The maximum Gasteiger partial charge on any atom is 0.167 e. The van der Waals surface area contributed by atoms with Gasteiger partial charge in [0.05, 0.1) is 0 Å². The van der Waals surface area contributed by atoms with Crippen molar-refractivity contribution >= 4 is 5.78 Å². The lowest BCUT2D eigenvalue weighted by atomic mass is 9.84. The monoisotopic (exact) mass is 341 g/mol. The molecule has 26 heavy (non-hydrogen) atoms. The Morgan fingerprint density at radius 2 is 1.35 bits per heavy atom. The highest BCUT2D eigenvalue weighted by Gasteiger charge is 2.38. The lowest BCUT2D eigenvalue weighted by molar-refractivity contribution is 0.0913. The molecule has 1 saturated heterocycles. The van der Waals surface area contributed by atoms with Crippen LogP contribution in [0.3, 0.4) is 0 Å².